The van der Waals surface area contributed by atoms with Crippen LogP contribution in [0.4, 0.5) is 0 Å². The second-order valence-corrected chi connectivity index (χ2v) is 7.27. The highest BCUT2D eigenvalue weighted by Crippen LogP contribution is 2.30. The van der Waals surface area contributed by atoms with Gasteiger partial charge in [0.1, 0.15) is 12.4 Å². The number of nitrogens with zero attached hydrogens (tertiary/aromatic N) is 4. The van der Waals surface area contributed by atoms with Gasteiger partial charge in [-0.05, 0) is 58.2 Å². The van der Waals surface area contributed by atoms with Crippen molar-refractivity contribution in [3.63, 3.8) is 0 Å². The van der Waals surface area contributed by atoms with Crippen molar-refractivity contribution in [3.8, 4) is 11.5 Å². The number of fused-ring (bicyclic) bond motifs is 1. The number of aryl methyl sites for hydroxylation is 1. The first-order valence-electron chi connectivity index (χ1n) is 11.0. The Kier molecular flexibility index (Phi) is 10.4. The number of rotatable bonds is 9. The van der Waals surface area contributed by atoms with Gasteiger partial charge >= 0.3 is 0 Å². The lowest BCUT2D eigenvalue weighted by Gasteiger charge is -2.20. The first-order chi connectivity index (χ1) is 14.7. The van der Waals surface area contributed by atoms with Crippen molar-refractivity contribution in [1.29, 1.82) is 0 Å². The number of ether oxygens (including phenoxy) is 2. The first kappa shape index (κ1) is 25.2. The van der Waals surface area contributed by atoms with Gasteiger partial charge in [-0.2, -0.15) is 0 Å². The summed E-state index contributed by atoms with van der Waals surface area (Å²) in [6.07, 6.45) is 3.37. The zero-order valence-corrected chi connectivity index (χ0v) is 21.3. The number of aliphatic imine (C=N–C) groups is 1. The number of nitrogens with one attached hydrogen (secondary N) is 2. The molecule has 1 aliphatic rings. The lowest BCUT2D eigenvalue weighted by molar-refractivity contribution is 0.287. The molecule has 1 aromatic carbocycles. The molecule has 2 N–H and O–H groups in total. The van der Waals surface area contributed by atoms with Crippen molar-refractivity contribution >= 4 is 29.9 Å². The molecular weight excluding hydrogens is 507 g/mol. The van der Waals surface area contributed by atoms with Gasteiger partial charge in [-0.25, -0.2) is 4.99 Å². The summed E-state index contributed by atoms with van der Waals surface area (Å²) >= 11 is 0. The molecule has 8 nitrogen and oxygen atoms in total. The van der Waals surface area contributed by atoms with Crippen LogP contribution < -0.4 is 20.1 Å². The topological polar surface area (TPSA) is 85.6 Å². The van der Waals surface area contributed by atoms with Crippen LogP contribution in [0, 0.1) is 0 Å². The van der Waals surface area contributed by atoms with E-state index in [-0.39, 0.29) is 30.0 Å². The molecule has 1 unspecified atom stereocenters. The highest BCUT2D eigenvalue weighted by atomic mass is 127. The quantitative estimate of drug-likeness (QED) is 0.285. The molecule has 1 atom stereocenters. The SMILES string of the molecule is CCNC(=NCc1nnc2n1CCCC2)NC(C)c1ccc(OCC)c(OCC)c1.I. The molecule has 3 rings (SSSR count). The molecular formula is C22H35IN6O2. The van der Waals surface area contributed by atoms with Crippen molar-refractivity contribution < 1.29 is 9.47 Å². The van der Waals surface area contributed by atoms with E-state index in [1.54, 1.807) is 0 Å². The summed E-state index contributed by atoms with van der Waals surface area (Å²) in [7, 11) is 0. The maximum absolute atomic E-state index is 5.77. The number of guanidine groups is 1. The van der Waals surface area contributed by atoms with E-state index in [1.807, 2.05) is 26.0 Å². The van der Waals surface area contributed by atoms with Crippen LogP contribution in [0.1, 0.15) is 63.8 Å². The molecule has 31 heavy (non-hydrogen) atoms. The van der Waals surface area contributed by atoms with E-state index < -0.39 is 0 Å². The third-order valence-corrected chi connectivity index (χ3v) is 5.08. The smallest absolute Gasteiger partial charge is 0.192 e. The van der Waals surface area contributed by atoms with E-state index in [2.05, 4.69) is 45.3 Å². The van der Waals surface area contributed by atoms with E-state index in [9.17, 15) is 0 Å². The Morgan fingerprint density at radius 1 is 1.13 bits per heavy atom. The molecule has 9 heteroatoms. The molecule has 0 saturated heterocycles. The summed E-state index contributed by atoms with van der Waals surface area (Å²) in [4.78, 5) is 4.75. The molecule has 0 radical (unpaired) electrons. The summed E-state index contributed by atoms with van der Waals surface area (Å²) < 4.78 is 13.6. The minimum atomic E-state index is 0. The summed E-state index contributed by atoms with van der Waals surface area (Å²) in [5.74, 6) is 4.30. The Bertz CT molecular complexity index is 855. The summed E-state index contributed by atoms with van der Waals surface area (Å²) in [5.41, 5.74) is 1.10. The van der Waals surface area contributed by atoms with Crippen LogP contribution in [0.25, 0.3) is 0 Å². The fourth-order valence-electron chi connectivity index (χ4n) is 3.58. The van der Waals surface area contributed by atoms with Gasteiger partial charge in [-0.1, -0.05) is 6.07 Å². The van der Waals surface area contributed by atoms with Crippen molar-refractivity contribution in [2.75, 3.05) is 19.8 Å². The number of hydrogen-bond acceptors (Lipinski definition) is 5. The highest BCUT2D eigenvalue weighted by Gasteiger charge is 2.16. The van der Waals surface area contributed by atoms with Crippen molar-refractivity contribution in [1.82, 2.24) is 25.4 Å². The lowest BCUT2D eigenvalue weighted by atomic mass is 10.1. The van der Waals surface area contributed by atoms with Crippen molar-refractivity contribution in [2.24, 2.45) is 4.99 Å². The molecule has 0 spiro atoms. The summed E-state index contributed by atoms with van der Waals surface area (Å²) in [6.45, 7) is 11.6. The van der Waals surface area contributed by atoms with E-state index >= 15 is 0 Å². The van der Waals surface area contributed by atoms with Gasteiger partial charge in [0, 0.05) is 19.5 Å². The van der Waals surface area contributed by atoms with Crippen LogP contribution >= 0.6 is 24.0 Å². The molecule has 1 aliphatic heterocycles. The molecule has 1 aromatic heterocycles. The monoisotopic (exact) mass is 542 g/mol. The molecule has 2 heterocycles. The van der Waals surface area contributed by atoms with E-state index in [0.717, 1.165) is 54.2 Å². The van der Waals surface area contributed by atoms with Gasteiger partial charge < -0.3 is 24.7 Å². The van der Waals surface area contributed by atoms with Gasteiger partial charge in [0.2, 0.25) is 0 Å². The van der Waals surface area contributed by atoms with Crippen LogP contribution in [-0.4, -0.2) is 40.5 Å². The second kappa shape index (κ2) is 12.7. The lowest BCUT2D eigenvalue weighted by Crippen LogP contribution is -2.38. The molecule has 0 fully saturated rings. The van der Waals surface area contributed by atoms with Crippen molar-refractivity contribution in [2.45, 2.75) is 66.1 Å². The minimum absolute atomic E-state index is 0. The predicted molar refractivity (Wildman–Crippen MR) is 134 cm³/mol. The Morgan fingerprint density at radius 2 is 1.90 bits per heavy atom. The number of hydrogen-bond donors (Lipinski definition) is 2. The molecule has 2 aromatic rings. The van der Waals surface area contributed by atoms with Gasteiger partial charge in [0.05, 0.1) is 19.3 Å². The maximum Gasteiger partial charge on any atom is 0.192 e. The molecule has 0 saturated carbocycles. The Balaban J connectivity index is 0.00000341. The van der Waals surface area contributed by atoms with Crippen LogP contribution in [0.2, 0.25) is 0 Å². The average molecular weight is 542 g/mol. The minimum Gasteiger partial charge on any atom is -0.490 e. The highest BCUT2D eigenvalue weighted by molar-refractivity contribution is 14.0. The molecule has 0 aliphatic carbocycles. The Labute approximate surface area is 202 Å². The predicted octanol–water partition coefficient (Wildman–Crippen LogP) is 3.85. The Hall–Kier alpha value is -2.04. The fraction of sp³-hybridized carbons (Fsp3) is 0.591. The van der Waals surface area contributed by atoms with Crippen LogP contribution in [0.3, 0.4) is 0 Å². The number of aromatic nitrogens is 3. The molecule has 172 valence electrons. The van der Waals surface area contributed by atoms with E-state index in [1.165, 1.54) is 12.8 Å². The molecule has 0 bridgehead atoms. The summed E-state index contributed by atoms with van der Waals surface area (Å²) in [6, 6.07) is 6.10. The largest absolute Gasteiger partial charge is 0.490 e. The van der Waals surface area contributed by atoms with E-state index in [4.69, 9.17) is 14.5 Å². The van der Waals surface area contributed by atoms with Gasteiger partial charge in [0.15, 0.2) is 23.3 Å². The fourth-order valence-corrected chi connectivity index (χ4v) is 3.58. The third kappa shape index (κ3) is 6.72. The van der Waals surface area contributed by atoms with Crippen molar-refractivity contribution in [3.05, 3.63) is 35.4 Å². The number of benzene rings is 1. The van der Waals surface area contributed by atoms with Gasteiger partial charge in [0.25, 0.3) is 0 Å². The Morgan fingerprint density at radius 3 is 2.65 bits per heavy atom. The van der Waals surface area contributed by atoms with E-state index in [0.29, 0.717) is 19.8 Å². The average Bonchev–Trinajstić information content (AvgIpc) is 3.17. The zero-order valence-electron chi connectivity index (χ0n) is 19.0. The third-order valence-electron chi connectivity index (χ3n) is 5.08. The molecule has 0 amide bonds. The second-order valence-electron chi connectivity index (χ2n) is 7.27. The summed E-state index contributed by atoms with van der Waals surface area (Å²) in [5, 5.41) is 15.5. The number of halogens is 1. The van der Waals surface area contributed by atoms with Gasteiger partial charge in [-0.15, -0.1) is 34.2 Å². The van der Waals surface area contributed by atoms with Crippen LogP contribution in [0.15, 0.2) is 23.2 Å². The normalized spacial score (nSPS) is 14.3. The standard InChI is InChI=1S/C22H34N6O2.HI/c1-5-23-22(24-15-21-27-26-20-10-8-9-13-28(20)21)25-16(4)17-11-12-18(29-6-2)19(14-17)30-7-3;/h11-12,14,16H,5-10,13,15H2,1-4H3,(H2,23,24,25);1H. The zero-order chi connectivity index (χ0) is 21.3. The van der Waals surface area contributed by atoms with Gasteiger partial charge in [-0.3, -0.25) is 0 Å². The van der Waals surface area contributed by atoms with Crippen LogP contribution in [-0.2, 0) is 19.5 Å². The maximum atomic E-state index is 5.77. The van der Waals surface area contributed by atoms with Crippen LogP contribution in [0.5, 0.6) is 11.5 Å². The first-order valence-corrected chi connectivity index (χ1v) is 11.0.